The Hall–Kier alpha value is -3.38. The van der Waals surface area contributed by atoms with Gasteiger partial charge in [-0.1, -0.05) is 0 Å². The minimum Gasteiger partial charge on any atom is -0.394 e. The molecule has 12 heteroatoms. The van der Waals surface area contributed by atoms with Crippen LogP contribution in [-0.4, -0.2) is 65.4 Å². The van der Waals surface area contributed by atoms with Crippen LogP contribution in [0.2, 0.25) is 0 Å². The molecule has 0 amide bonds. The van der Waals surface area contributed by atoms with E-state index >= 15 is 0 Å². The zero-order chi connectivity index (χ0) is 24.2. The zero-order valence-electron chi connectivity index (χ0n) is 18.9. The Morgan fingerprint density at radius 3 is 2.68 bits per heavy atom. The minimum absolute atomic E-state index is 0.0265. The predicted molar refractivity (Wildman–Crippen MR) is 121 cm³/mol. The molecular weight excluding hydrogens is 446 g/mol. The molecular formula is C22H26F2N8O2. The molecule has 10 nitrogen and oxygen atoms in total. The van der Waals surface area contributed by atoms with Gasteiger partial charge in [0.15, 0.2) is 17.3 Å². The van der Waals surface area contributed by atoms with Crippen LogP contribution < -0.4 is 10.6 Å². The fourth-order valence-electron chi connectivity index (χ4n) is 4.48. The van der Waals surface area contributed by atoms with Gasteiger partial charge in [-0.2, -0.15) is 9.61 Å². The molecule has 1 aliphatic rings. The Balaban J connectivity index is 1.50. The van der Waals surface area contributed by atoms with Crippen molar-refractivity contribution in [2.45, 2.75) is 44.2 Å². The van der Waals surface area contributed by atoms with Crippen LogP contribution in [0, 0.1) is 11.6 Å². The molecule has 0 saturated carbocycles. The number of benzene rings is 1. The highest BCUT2D eigenvalue weighted by molar-refractivity contribution is 5.92. The maximum atomic E-state index is 14.3. The lowest BCUT2D eigenvalue weighted by Gasteiger charge is -2.38. The molecule has 1 fully saturated rings. The van der Waals surface area contributed by atoms with Crippen molar-refractivity contribution in [3.8, 4) is 0 Å². The monoisotopic (exact) mass is 472 g/mol. The molecule has 180 valence electrons. The first kappa shape index (κ1) is 22.4. The maximum Gasteiger partial charge on any atom is 0.223 e. The molecule has 0 aliphatic carbocycles. The quantitative estimate of drug-likeness (QED) is 0.401. The van der Waals surface area contributed by atoms with Gasteiger partial charge in [-0.3, -0.25) is 4.68 Å². The van der Waals surface area contributed by atoms with Gasteiger partial charge < -0.3 is 20.8 Å². The number of nitrogens with two attached hydrogens (primary N) is 1. The number of piperidine rings is 1. The largest absolute Gasteiger partial charge is 0.394 e. The van der Waals surface area contributed by atoms with Crippen molar-refractivity contribution in [3.05, 3.63) is 42.0 Å². The van der Waals surface area contributed by atoms with Gasteiger partial charge in [0, 0.05) is 30.8 Å². The highest BCUT2D eigenvalue weighted by Gasteiger charge is 2.32. The Morgan fingerprint density at radius 2 is 1.94 bits per heavy atom. The Morgan fingerprint density at radius 1 is 1.18 bits per heavy atom. The molecule has 34 heavy (non-hydrogen) atoms. The van der Waals surface area contributed by atoms with Gasteiger partial charge in [0.05, 0.1) is 30.5 Å². The van der Waals surface area contributed by atoms with E-state index in [1.54, 1.807) is 17.8 Å². The SMILES string of the molecule is C[C@H]1CC[C@@H](c2nc3c4cc(F)cc(F)c4nc(N)n3n2)CN1c1cnn(C(C)(CO)CO)c1. The van der Waals surface area contributed by atoms with Gasteiger partial charge >= 0.3 is 0 Å². The lowest BCUT2D eigenvalue weighted by atomic mass is 9.92. The first-order valence-corrected chi connectivity index (χ1v) is 11.1. The third kappa shape index (κ3) is 3.53. The third-order valence-corrected chi connectivity index (χ3v) is 6.72. The zero-order valence-corrected chi connectivity index (χ0v) is 18.9. The molecule has 3 aromatic heterocycles. The first-order chi connectivity index (χ1) is 16.2. The summed E-state index contributed by atoms with van der Waals surface area (Å²) in [6, 6.07) is 2.17. The number of aromatic nitrogens is 6. The average molecular weight is 473 g/mol. The summed E-state index contributed by atoms with van der Waals surface area (Å²) in [7, 11) is 0. The number of aliphatic hydroxyl groups excluding tert-OH is 2. The second kappa shape index (κ2) is 8.13. The van der Waals surface area contributed by atoms with Crippen LogP contribution in [0.3, 0.4) is 0 Å². The van der Waals surface area contributed by atoms with Gasteiger partial charge in [0.25, 0.3) is 0 Å². The molecule has 4 aromatic rings. The summed E-state index contributed by atoms with van der Waals surface area (Å²) in [6.45, 7) is 3.92. The van der Waals surface area contributed by atoms with Crippen molar-refractivity contribution < 1.29 is 19.0 Å². The standard InChI is InChI=1S/C22H26F2N8O2/c1-12-3-4-13(8-30(12)15-7-26-31(9-15)22(2,10-33)11-34)19-28-20-16-5-14(23)6-17(24)18(16)27-21(25)32(20)29-19/h5-7,9,12-13,33-34H,3-4,8,10-11H2,1-2H3,(H2,25,27)/t12-,13+/m0/s1. The predicted octanol–water partition coefficient (Wildman–Crippen LogP) is 1.81. The highest BCUT2D eigenvalue weighted by Crippen LogP contribution is 2.34. The Kier molecular flexibility index (Phi) is 5.36. The van der Waals surface area contributed by atoms with Crippen molar-refractivity contribution in [2.24, 2.45) is 0 Å². The molecule has 0 spiro atoms. The molecule has 5 rings (SSSR count). The Labute approximate surface area is 193 Å². The van der Waals surface area contributed by atoms with E-state index in [9.17, 15) is 19.0 Å². The van der Waals surface area contributed by atoms with Crippen molar-refractivity contribution in [2.75, 3.05) is 30.4 Å². The second-order valence-corrected chi connectivity index (χ2v) is 9.19. The summed E-state index contributed by atoms with van der Waals surface area (Å²) < 4.78 is 31.1. The summed E-state index contributed by atoms with van der Waals surface area (Å²) in [4.78, 5) is 10.8. The number of rotatable bonds is 5. The molecule has 1 aliphatic heterocycles. The van der Waals surface area contributed by atoms with Crippen molar-refractivity contribution >= 4 is 28.2 Å². The maximum absolute atomic E-state index is 14.3. The molecule has 1 saturated heterocycles. The molecule has 0 unspecified atom stereocenters. The van der Waals surface area contributed by atoms with Crippen molar-refractivity contribution in [3.63, 3.8) is 0 Å². The molecule has 2 atom stereocenters. The number of nitrogens with zero attached hydrogens (tertiary/aromatic N) is 7. The number of nitrogen functional groups attached to an aromatic ring is 1. The van der Waals surface area contributed by atoms with E-state index in [1.165, 1.54) is 10.6 Å². The van der Waals surface area contributed by atoms with Gasteiger partial charge in [-0.25, -0.2) is 18.7 Å². The van der Waals surface area contributed by atoms with E-state index in [2.05, 4.69) is 32.0 Å². The van der Waals surface area contributed by atoms with Crippen molar-refractivity contribution in [1.29, 1.82) is 0 Å². The smallest absolute Gasteiger partial charge is 0.223 e. The minimum atomic E-state index is -0.907. The van der Waals surface area contributed by atoms with Crippen LogP contribution in [0.1, 0.15) is 38.4 Å². The summed E-state index contributed by atoms with van der Waals surface area (Å²) in [5.74, 6) is -1.10. The fraction of sp³-hybridized carbons (Fsp3) is 0.455. The third-order valence-electron chi connectivity index (χ3n) is 6.72. The van der Waals surface area contributed by atoms with Gasteiger partial charge in [0.2, 0.25) is 5.95 Å². The molecule has 4 N–H and O–H groups in total. The van der Waals surface area contributed by atoms with E-state index in [0.717, 1.165) is 24.6 Å². The average Bonchev–Trinajstić information content (AvgIpc) is 3.49. The lowest BCUT2D eigenvalue weighted by Crippen LogP contribution is -2.41. The van der Waals surface area contributed by atoms with Crippen LogP contribution in [-0.2, 0) is 5.54 Å². The molecule has 1 aromatic carbocycles. The number of hydrogen-bond acceptors (Lipinski definition) is 8. The Bertz CT molecular complexity index is 1370. The van der Waals surface area contributed by atoms with E-state index in [-0.39, 0.29) is 47.7 Å². The van der Waals surface area contributed by atoms with Gasteiger partial charge in [0.1, 0.15) is 16.9 Å². The number of aliphatic hydroxyl groups is 2. The van der Waals surface area contributed by atoms with E-state index in [0.29, 0.717) is 12.4 Å². The summed E-state index contributed by atoms with van der Waals surface area (Å²) in [6.07, 6.45) is 5.20. The summed E-state index contributed by atoms with van der Waals surface area (Å²) >= 11 is 0. The normalized spacial score (nSPS) is 19.4. The van der Waals surface area contributed by atoms with E-state index in [4.69, 9.17) is 5.73 Å². The van der Waals surface area contributed by atoms with Crippen LogP contribution >= 0.6 is 0 Å². The fourth-order valence-corrected chi connectivity index (χ4v) is 4.48. The highest BCUT2D eigenvalue weighted by atomic mass is 19.1. The number of hydrogen-bond donors (Lipinski definition) is 3. The molecule has 0 bridgehead atoms. The molecule has 0 radical (unpaired) electrons. The van der Waals surface area contributed by atoms with Crippen LogP contribution in [0.25, 0.3) is 16.6 Å². The van der Waals surface area contributed by atoms with Crippen molar-refractivity contribution in [1.82, 2.24) is 29.4 Å². The van der Waals surface area contributed by atoms with E-state index in [1.807, 2.05) is 6.20 Å². The van der Waals surface area contributed by atoms with Crippen LogP contribution in [0.15, 0.2) is 24.5 Å². The number of anilines is 2. The van der Waals surface area contributed by atoms with Crippen LogP contribution in [0.5, 0.6) is 0 Å². The van der Waals surface area contributed by atoms with Crippen LogP contribution in [0.4, 0.5) is 20.4 Å². The lowest BCUT2D eigenvalue weighted by molar-refractivity contribution is 0.0681. The number of fused-ring (bicyclic) bond motifs is 3. The first-order valence-electron chi connectivity index (χ1n) is 11.1. The summed E-state index contributed by atoms with van der Waals surface area (Å²) in [5, 5.41) is 28.5. The topological polar surface area (TPSA) is 131 Å². The summed E-state index contributed by atoms with van der Waals surface area (Å²) in [5.41, 5.74) is 6.17. The van der Waals surface area contributed by atoms with Gasteiger partial charge in [-0.15, -0.1) is 5.10 Å². The number of halogens is 2. The molecule has 4 heterocycles. The van der Waals surface area contributed by atoms with E-state index < -0.39 is 17.2 Å². The second-order valence-electron chi connectivity index (χ2n) is 9.19. The van der Waals surface area contributed by atoms with Gasteiger partial charge in [-0.05, 0) is 32.8 Å².